The van der Waals surface area contributed by atoms with Crippen LogP contribution in [0.1, 0.15) is 21.5 Å². The fourth-order valence-electron chi connectivity index (χ4n) is 3.03. The molecular formula is C27H26BrN3O5. The molecule has 186 valence electrons. The number of methoxy groups -OCH3 is 1. The lowest BCUT2D eigenvalue weighted by Gasteiger charge is -2.11. The molecule has 0 aromatic heterocycles. The van der Waals surface area contributed by atoms with Crippen molar-refractivity contribution in [2.45, 2.75) is 6.92 Å². The van der Waals surface area contributed by atoms with Gasteiger partial charge in [0.25, 0.3) is 11.8 Å². The van der Waals surface area contributed by atoms with E-state index in [0.717, 1.165) is 10.0 Å². The number of carbonyl (C=O) groups excluding carboxylic acids is 2. The van der Waals surface area contributed by atoms with Crippen LogP contribution in [0.15, 0.2) is 82.9 Å². The number of halogens is 1. The second kappa shape index (κ2) is 13.1. The number of rotatable bonds is 11. The van der Waals surface area contributed by atoms with E-state index in [1.807, 2.05) is 31.2 Å². The van der Waals surface area contributed by atoms with Crippen molar-refractivity contribution in [2.24, 2.45) is 5.10 Å². The number of amides is 2. The standard InChI is InChI=1S/C27H26BrN3O5/c1-4-13-35-24-11-7-19(15-25(24)34-3)27(33)31-29-16-20-14-21(28)8-12-23(20)36-17-26(32)30-22-9-5-18(2)6-10-22/h4-12,14-16H,1,13,17H2,2-3H3,(H,30,32)(H,31,33)/b29-16+. The lowest BCUT2D eigenvalue weighted by Crippen LogP contribution is -2.20. The molecule has 3 rings (SSSR count). The van der Waals surface area contributed by atoms with Crippen molar-refractivity contribution < 1.29 is 23.8 Å². The van der Waals surface area contributed by atoms with Gasteiger partial charge in [0.15, 0.2) is 18.1 Å². The van der Waals surface area contributed by atoms with Crippen LogP contribution in [0.3, 0.4) is 0 Å². The summed E-state index contributed by atoms with van der Waals surface area (Å²) in [6.45, 7) is 5.71. The van der Waals surface area contributed by atoms with Crippen molar-refractivity contribution in [3.8, 4) is 17.2 Å². The van der Waals surface area contributed by atoms with E-state index in [1.54, 1.807) is 42.5 Å². The van der Waals surface area contributed by atoms with Gasteiger partial charge in [-0.15, -0.1) is 0 Å². The highest BCUT2D eigenvalue weighted by Gasteiger charge is 2.11. The van der Waals surface area contributed by atoms with E-state index in [4.69, 9.17) is 14.2 Å². The van der Waals surface area contributed by atoms with E-state index in [9.17, 15) is 9.59 Å². The molecule has 0 unspecified atom stereocenters. The first-order chi connectivity index (χ1) is 17.4. The molecule has 36 heavy (non-hydrogen) atoms. The van der Waals surface area contributed by atoms with Crippen molar-refractivity contribution >= 4 is 39.6 Å². The maximum Gasteiger partial charge on any atom is 0.271 e. The molecule has 9 heteroatoms. The van der Waals surface area contributed by atoms with Gasteiger partial charge in [-0.25, -0.2) is 5.43 Å². The SMILES string of the molecule is C=CCOc1ccc(C(=O)N/N=C/c2cc(Br)ccc2OCC(=O)Nc2ccc(C)cc2)cc1OC. The largest absolute Gasteiger partial charge is 0.493 e. The first kappa shape index (κ1) is 26.5. The number of nitrogens with one attached hydrogen (secondary N) is 2. The van der Waals surface area contributed by atoms with Gasteiger partial charge in [0, 0.05) is 21.3 Å². The molecule has 0 saturated carbocycles. The topological polar surface area (TPSA) is 98.3 Å². The Balaban J connectivity index is 1.62. The van der Waals surface area contributed by atoms with Crippen molar-refractivity contribution in [1.82, 2.24) is 5.43 Å². The van der Waals surface area contributed by atoms with E-state index in [-0.39, 0.29) is 12.5 Å². The summed E-state index contributed by atoms with van der Waals surface area (Å²) in [5.74, 6) is 0.614. The van der Waals surface area contributed by atoms with Crippen LogP contribution < -0.4 is 25.0 Å². The Kier molecular flexibility index (Phi) is 9.64. The van der Waals surface area contributed by atoms with Gasteiger partial charge in [0.1, 0.15) is 12.4 Å². The molecule has 0 aliphatic heterocycles. The molecule has 0 heterocycles. The summed E-state index contributed by atoms with van der Waals surface area (Å²) < 4.78 is 17.3. The van der Waals surface area contributed by atoms with Crippen LogP contribution in [-0.2, 0) is 4.79 Å². The molecule has 0 aliphatic rings. The van der Waals surface area contributed by atoms with Gasteiger partial charge in [-0.2, -0.15) is 5.10 Å². The van der Waals surface area contributed by atoms with E-state index in [1.165, 1.54) is 13.3 Å². The third kappa shape index (κ3) is 7.71. The number of hydrazone groups is 1. The number of aryl methyl sites for hydroxylation is 1. The normalized spacial score (nSPS) is 10.5. The molecule has 2 N–H and O–H groups in total. The Labute approximate surface area is 218 Å². The molecule has 2 amide bonds. The Bertz CT molecular complexity index is 1260. The van der Waals surface area contributed by atoms with Crippen LogP contribution in [0.5, 0.6) is 17.2 Å². The van der Waals surface area contributed by atoms with Gasteiger partial charge in [-0.1, -0.05) is 46.3 Å². The molecule has 8 nitrogen and oxygen atoms in total. The van der Waals surface area contributed by atoms with Gasteiger partial charge >= 0.3 is 0 Å². The maximum absolute atomic E-state index is 12.6. The minimum Gasteiger partial charge on any atom is -0.493 e. The first-order valence-corrected chi connectivity index (χ1v) is 11.7. The van der Waals surface area contributed by atoms with Crippen LogP contribution in [0.25, 0.3) is 0 Å². The van der Waals surface area contributed by atoms with Crippen molar-refractivity contribution in [2.75, 3.05) is 25.6 Å². The van der Waals surface area contributed by atoms with Crippen molar-refractivity contribution in [1.29, 1.82) is 0 Å². The van der Waals surface area contributed by atoms with Crippen LogP contribution in [0.4, 0.5) is 5.69 Å². The van der Waals surface area contributed by atoms with E-state index in [0.29, 0.717) is 40.7 Å². The summed E-state index contributed by atoms with van der Waals surface area (Å²) in [4.78, 5) is 24.8. The molecule has 0 radical (unpaired) electrons. The minimum absolute atomic E-state index is 0.192. The zero-order chi connectivity index (χ0) is 25.9. The Hall–Kier alpha value is -4.11. The zero-order valence-electron chi connectivity index (χ0n) is 19.9. The molecule has 0 spiro atoms. The highest BCUT2D eigenvalue weighted by atomic mass is 79.9. The van der Waals surface area contributed by atoms with E-state index in [2.05, 4.69) is 38.4 Å². The molecule has 0 saturated heterocycles. The summed E-state index contributed by atoms with van der Waals surface area (Å²) in [7, 11) is 1.49. The molecule has 3 aromatic carbocycles. The smallest absolute Gasteiger partial charge is 0.271 e. The van der Waals surface area contributed by atoms with Crippen molar-refractivity contribution in [3.05, 3.63) is 94.5 Å². The summed E-state index contributed by atoms with van der Waals surface area (Å²) in [5, 5.41) is 6.82. The lowest BCUT2D eigenvalue weighted by atomic mass is 10.2. The predicted molar refractivity (Wildman–Crippen MR) is 143 cm³/mol. The highest BCUT2D eigenvalue weighted by Crippen LogP contribution is 2.28. The second-order valence-corrected chi connectivity index (χ2v) is 8.47. The van der Waals surface area contributed by atoms with Crippen LogP contribution in [-0.4, -0.2) is 38.4 Å². The average Bonchev–Trinajstić information content (AvgIpc) is 2.88. The van der Waals surface area contributed by atoms with Gasteiger partial charge in [-0.05, 0) is 55.5 Å². The molecule has 0 bridgehead atoms. The monoisotopic (exact) mass is 551 g/mol. The third-order valence-corrected chi connectivity index (χ3v) is 5.31. The first-order valence-electron chi connectivity index (χ1n) is 10.9. The number of hydrogen-bond donors (Lipinski definition) is 2. The average molecular weight is 552 g/mol. The number of carbonyl (C=O) groups is 2. The molecule has 0 atom stereocenters. The molecule has 0 aliphatic carbocycles. The molecule has 0 fully saturated rings. The molecular weight excluding hydrogens is 526 g/mol. The number of hydrogen-bond acceptors (Lipinski definition) is 6. The summed E-state index contributed by atoms with van der Waals surface area (Å²) in [6, 6.07) is 17.5. The lowest BCUT2D eigenvalue weighted by molar-refractivity contribution is -0.118. The Morgan fingerprint density at radius 3 is 2.47 bits per heavy atom. The maximum atomic E-state index is 12.6. The third-order valence-electron chi connectivity index (χ3n) is 4.82. The number of benzene rings is 3. The van der Waals surface area contributed by atoms with E-state index < -0.39 is 5.91 Å². The summed E-state index contributed by atoms with van der Waals surface area (Å²) >= 11 is 3.41. The van der Waals surface area contributed by atoms with Gasteiger partial charge in [-0.3, -0.25) is 9.59 Å². The van der Waals surface area contributed by atoms with Gasteiger partial charge in [0.05, 0.1) is 13.3 Å². The van der Waals surface area contributed by atoms with Gasteiger partial charge < -0.3 is 19.5 Å². The fourth-order valence-corrected chi connectivity index (χ4v) is 3.41. The molecule has 3 aromatic rings. The zero-order valence-corrected chi connectivity index (χ0v) is 21.5. The summed E-state index contributed by atoms with van der Waals surface area (Å²) in [5.41, 5.74) is 5.17. The highest BCUT2D eigenvalue weighted by molar-refractivity contribution is 9.10. The second-order valence-electron chi connectivity index (χ2n) is 7.55. The van der Waals surface area contributed by atoms with Crippen LogP contribution in [0, 0.1) is 6.92 Å². The van der Waals surface area contributed by atoms with E-state index >= 15 is 0 Å². The van der Waals surface area contributed by atoms with Crippen molar-refractivity contribution in [3.63, 3.8) is 0 Å². The predicted octanol–water partition coefficient (Wildman–Crippen LogP) is 5.11. The van der Waals surface area contributed by atoms with Crippen LogP contribution >= 0.6 is 15.9 Å². The number of ether oxygens (including phenoxy) is 3. The van der Waals surface area contributed by atoms with Crippen LogP contribution in [0.2, 0.25) is 0 Å². The summed E-state index contributed by atoms with van der Waals surface area (Å²) in [6.07, 6.45) is 3.06. The Morgan fingerprint density at radius 1 is 1.00 bits per heavy atom. The van der Waals surface area contributed by atoms with Gasteiger partial charge in [0.2, 0.25) is 0 Å². The quantitative estimate of drug-likeness (QED) is 0.196. The number of anilines is 1. The number of nitrogens with zero attached hydrogens (tertiary/aromatic N) is 1. The Morgan fingerprint density at radius 2 is 1.75 bits per heavy atom. The fraction of sp³-hybridized carbons (Fsp3) is 0.148. The minimum atomic E-state index is -0.435.